The highest BCUT2D eigenvalue weighted by Crippen LogP contribution is 2.29. The third-order valence-electron chi connectivity index (χ3n) is 4.88. The predicted molar refractivity (Wildman–Crippen MR) is 111 cm³/mol. The minimum Gasteiger partial charge on any atom is -0.301 e. The van der Waals surface area contributed by atoms with Gasteiger partial charge in [-0.15, -0.1) is 0 Å². The number of anilines is 1. The van der Waals surface area contributed by atoms with Gasteiger partial charge in [-0.25, -0.2) is 13.4 Å². The van der Waals surface area contributed by atoms with E-state index in [2.05, 4.69) is 10.3 Å². The van der Waals surface area contributed by atoms with Crippen LogP contribution in [0.4, 0.5) is 5.13 Å². The van der Waals surface area contributed by atoms with Gasteiger partial charge in [0, 0.05) is 6.54 Å². The molecule has 3 aromatic rings. The number of nitrogens with zero attached hydrogens (tertiary/aromatic N) is 2. The molecular weight excluding hydrogens is 394 g/mol. The minimum absolute atomic E-state index is 0.213. The molecule has 146 valence electrons. The van der Waals surface area contributed by atoms with Crippen molar-refractivity contribution in [3.63, 3.8) is 0 Å². The molecule has 1 aliphatic rings. The van der Waals surface area contributed by atoms with Crippen LogP contribution in [0.15, 0.2) is 53.4 Å². The molecule has 0 radical (unpaired) electrons. The predicted octanol–water partition coefficient (Wildman–Crippen LogP) is 3.79. The fraction of sp³-hybridized carbons (Fsp3) is 0.300. The van der Waals surface area contributed by atoms with Gasteiger partial charge in [0.05, 0.1) is 15.1 Å². The molecule has 2 aromatic carbocycles. The molecule has 28 heavy (non-hydrogen) atoms. The molecule has 1 aromatic heterocycles. The zero-order valence-electron chi connectivity index (χ0n) is 15.5. The van der Waals surface area contributed by atoms with E-state index in [-0.39, 0.29) is 10.8 Å². The molecule has 4 rings (SSSR count). The summed E-state index contributed by atoms with van der Waals surface area (Å²) in [6.07, 6.45) is 2.07. The molecule has 2 heterocycles. The van der Waals surface area contributed by atoms with E-state index in [0.717, 1.165) is 28.6 Å². The highest BCUT2D eigenvalue weighted by molar-refractivity contribution is 7.89. The van der Waals surface area contributed by atoms with E-state index >= 15 is 0 Å². The number of piperidine rings is 1. The lowest BCUT2D eigenvalue weighted by molar-refractivity contribution is -0.120. The lowest BCUT2D eigenvalue weighted by Gasteiger charge is -2.33. The molecule has 1 fully saturated rings. The van der Waals surface area contributed by atoms with Crippen molar-refractivity contribution < 1.29 is 13.2 Å². The van der Waals surface area contributed by atoms with Gasteiger partial charge in [-0.3, -0.25) is 4.79 Å². The molecule has 0 spiro atoms. The molecule has 1 N–H and O–H groups in total. The van der Waals surface area contributed by atoms with Gasteiger partial charge in [0.1, 0.15) is 6.04 Å². The smallest absolute Gasteiger partial charge is 0.244 e. The zero-order valence-corrected chi connectivity index (χ0v) is 17.1. The van der Waals surface area contributed by atoms with Gasteiger partial charge < -0.3 is 5.32 Å². The molecular formula is C20H21N3O3S2. The number of rotatable bonds is 4. The first-order valence-electron chi connectivity index (χ1n) is 9.20. The second kappa shape index (κ2) is 7.62. The van der Waals surface area contributed by atoms with Crippen LogP contribution in [-0.4, -0.2) is 36.2 Å². The van der Waals surface area contributed by atoms with Crippen LogP contribution in [0, 0.1) is 6.92 Å². The van der Waals surface area contributed by atoms with E-state index in [0.29, 0.717) is 18.1 Å². The first kappa shape index (κ1) is 19.0. The molecule has 0 bridgehead atoms. The van der Waals surface area contributed by atoms with Gasteiger partial charge >= 0.3 is 0 Å². The number of amides is 1. The Morgan fingerprint density at radius 3 is 2.75 bits per heavy atom. The van der Waals surface area contributed by atoms with E-state index in [1.165, 1.54) is 15.6 Å². The maximum absolute atomic E-state index is 13.1. The standard InChI is InChI=1S/C20H21N3O3S2/c1-14-10-11-16-18(13-14)27-20(21-16)22-19(24)17-9-5-6-12-23(17)28(25,26)15-7-3-2-4-8-15/h2-4,7-8,10-11,13,17H,5-6,9,12H2,1H3,(H,21,22,24)/t17-/m0/s1. The first-order valence-corrected chi connectivity index (χ1v) is 11.5. The van der Waals surface area contributed by atoms with E-state index in [4.69, 9.17) is 0 Å². The molecule has 1 atom stereocenters. The van der Waals surface area contributed by atoms with Gasteiger partial charge in [-0.2, -0.15) is 4.31 Å². The molecule has 0 aliphatic carbocycles. The summed E-state index contributed by atoms with van der Waals surface area (Å²) >= 11 is 1.40. The number of benzene rings is 2. The van der Waals surface area contributed by atoms with Crippen LogP contribution in [0.1, 0.15) is 24.8 Å². The number of fused-ring (bicyclic) bond motifs is 1. The van der Waals surface area contributed by atoms with Crippen molar-refractivity contribution in [2.75, 3.05) is 11.9 Å². The van der Waals surface area contributed by atoms with Crippen molar-refractivity contribution in [1.29, 1.82) is 0 Å². The average Bonchev–Trinajstić information content (AvgIpc) is 3.10. The van der Waals surface area contributed by atoms with Crippen LogP contribution in [0.5, 0.6) is 0 Å². The lowest BCUT2D eigenvalue weighted by atomic mass is 10.0. The summed E-state index contributed by atoms with van der Waals surface area (Å²) in [6.45, 7) is 2.35. The number of hydrogen-bond donors (Lipinski definition) is 1. The SMILES string of the molecule is Cc1ccc2nc(NC(=O)[C@@H]3CCCCN3S(=O)(=O)c3ccccc3)sc2c1. The Labute approximate surface area is 168 Å². The van der Waals surface area contributed by atoms with Crippen LogP contribution in [0.3, 0.4) is 0 Å². The molecule has 1 saturated heterocycles. The maximum Gasteiger partial charge on any atom is 0.244 e. The Balaban J connectivity index is 1.59. The van der Waals surface area contributed by atoms with Crippen LogP contribution in [0.25, 0.3) is 10.2 Å². The first-order chi connectivity index (χ1) is 13.4. The lowest BCUT2D eigenvalue weighted by Crippen LogP contribution is -2.49. The van der Waals surface area contributed by atoms with Crippen LogP contribution in [-0.2, 0) is 14.8 Å². The van der Waals surface area contributed by atoms with Crippen molar-refractivity contribution in [1.82, 2.24) is 9.29 Å². The van der Waals surface area contributed by atoms with Crippen LogP contribution >= 0.6 is 11.3 Å². The topological polar surface area (TPSA) is 79.4 Å². The van der Waals surface area contributed by atoms with Crippen molar-refractivity contribution in [2.45, 2.75) is 37.1 Å². The maximum atomic E-state index is 13.1. The molecule has 0 saturated carbocycles. The van der Waals surface area contributed by atoms with Crippen molar-refractivity contribution in [3.8, 4) is 0 Å². The summed E-state index contributed by atoms with van der Waals surface area (Å²) in [5, 5.41) is 3.33. The van der Waals surface area contributed by atoms with Crippen LogP contribution in [0.2, 0.25) is 0 Å². The summed E-state index contributed by atoms with van der Waals surface area (Å²) in [4.78, 5) is 17.6. The Hall–Kier alpha value is -2.29. The fourth-order valence-electron chi connectivity index (χ4n) is 3.46. The van der Waals surface area contributed by atoms with E-state index in [1.807, 2.05) is 25.1 Å². The van der Waals surface area contributed by atoms with E-state index in [9.17, 15) is 13.2 Å². The Morgan fingerprint density at radius 2 is 1.96 bits per heavy atom. The van der Waals surface area contributed by atoms with Gasteiger partial charge in [-0.1, -0.05) is 42.0 Å². The third kappa shape index (κ3) is 3.67. The number of sulfonamides is 1. The van der Waals surface area contributed by atoms with E-state index < -0.39 is 16.1 Å². The third-order valence-corrected chi connectivity index (χ3v) is 7.74. The number of aromatic nitrogens is 1. The molecule has 1 aliphatic heterocycles. The van der Waals surface area contributed by atoms with E-state index in [1.54, 1.807) is 30.3 Å². The van der Waals surface area contributed by atoms with Crippen LogP contribution < -0.4 is 5.32 Å². The molecule has 1 amide bonds. The highest BCUT2D eigenvalue weighted by Gasteiger charge is 2.37. The largest absolute Gasteiger partial charge is 0.301 e. The van der Waals surface area contributed by atoms with Crippen molar-refractivity contribution in [2.24, 2.45) is 0 Å². The second-order valence-electron chi connectivity index (χ2n) is 6.92. The van der Waals surface area contributed by atoms with Crippen molar-refractivity contribution >= 4 is 42.6 Å². The van der Waals surface area contributed by atoms with Gasteiger partial charge in [-0.05, 0) is 49.6 Å². The van der Waals surface area contributed by atoms with Gasteiger partial charge in [0.15, 0.2) is 5.13 Å². The average molecular weight is 416 g/mol. The number of carbonyl (C=O) groups is 1. The highest BCUT2D eigenvalue weighted by atomic mass is 32.2. The molecule has 8 heteroatoms. The van der Waals surface area contributed by atoms with Gasteiger partial charge in [0.25, 0.3) is 0 Å². The summed E-state index contributed by atoms with van der Waals surface area (Å²) < 4.78 is 28.5. The summed E-state index contributed by atoms with van der Waals surface area (Å²) in [6, 6.07) is 13.5. The quantitative estimate of drug-likeness (QED) is 0.703. The number of hydrogen-bond acceptors (Lipinski definition) is 5. The Morgan fingerprint density at radius 1 is 1.18 bits per heavy atom. The summed E-state index contributed by atoms with van der Waals surface area (Å²) in [5.74, 6) is -0.324. The number of thiazole rings is 1. The zero-order chi connectivity index (χ0) is 19.7. The second-order valence-corrected chi connectivity index (χ2v) is 9.84. The number of carbonyl (C=O) groups excluding carboxylic acids is 1. The molecule has 0 unspecified atom stereocenters. The number of aryl methyl sites for hydroxylation is 1. The fourth-order valence-corrected chi connectivity index (χ4v) is 6.10. The minimum atomic E-state index is -3.72. The Bertz CT molecular complexity index is 1110. The normalized spacial score (nSPS) is 18.2. The summed E-state index contributed by atoms with van der Waals surface area (Å²) in [5.41, 5.74) is 1.95. The number of nitrogens with one attached hydrogen (secondary N) is 1. The summed E-state index contributed by atoms with van der Waals surface area (Å²) in [7, 11) is -3.72. The van der Waals surface area contributed by atoms with Crippen molar-refractivity contribution in [3.05, 3.63) is 54.1 Å². The monoisotopic (exact) mass is 415 g/mol. The van der Waals surface area contributed by atoms with Gasteiger partial charge in [0.2, 0.25) is 15.9 Å². The molecule has 6 nitrogen and oxygen atoms in total. The Kier molecular flexibility index (Phi) is 5.18.